The molecular formula is C10H12N2O2. The van der Waals surface area contributed by atoms with Crippen molar-refractivity contribution in [3.63, 3.8) is 0 Å². The van der Waals surface area contributed by atoms with E-state index in [0.29, 0.717) is 11.6 Å². The van der Waals surface area contributed by atoms with Gasteiger partial charge in [0.05, 0.1) is 6.26 Å². The standard InChI is InChI=1S/C10H12N2O2/c1-3-7-10(13)12-9(11-7)8-6(2)4-5-14-8/h4-5,7H,3H2,1-2H3,(H,11,12,13). The maximum absolute atomic E-state index is 11.4. The van der Waals surface area contributed by atoms with E-state index >= 15 is 0 Å². The summed E-state index contributed by atoms with van der Waals surface area (Å²) in [7, 11) is 0. The highest BCUT2D eigenvalue weighted by Crippen LogP contribution is 2.14. The number of furan rings is 1. The van der Waals surface area contributed by atoms with Crippen molar-refractivity contribution in [3.8, 4) is 0 Å². The Balaban J connectivity index is 2.30. The van der Waals surface area contributed by atoms with Gasteiger partial charge in [-0.25, -0.2) is 0 Å². The van der Waals surface area contributed by atoms with Gasteiger partial charge in [0.15, 0.2) is 11.6 Å². The lowest BCUT2D eigenvalue weighted by molar-refractivity contribution is -0.120. The van der Waals surface area contributed by atoms with E-state index < -0.39 is 0 Å². The zero-order chi connectivity index (χ0) is 10.1. The number of aliphatic imine (C=N–C) groups is 1. The van der Waals surface area contributed by atoms with Gasteiger partial charge in [-0.05, 0) is 25.0 Å². The maximum Gasteiger partial charge on any atom is 0.250 e. The third kappa shape index (κ3) is 1.32. The molecule has 1 aliphatic heterocycles. The fraction of sp³-hybridized carbons (Fsp3) is 0.400. The summed E-state index contributed by atoms with van der Waals surface area (Å²) in [6.07, 6.45) is 2.31. The van der Waals surface area contributed by atoms with E-state index in [0.717, 1.165) is 12.0 Å². The molecule has 0 radical (unpaired) electrons. The number of amidine groups is 1. The van der Waals surface area contributed by atoms with Crippen LogP contribution in [0.3, 0.4) is 0 Å². The van der Waals surface area contributed by atoms with Gasteiger partial charge in [-0.15, -0.1) is 0 Å². The average molecular weight is 192 g/mol. The zero-order valence-electron chi connectivity index (χ0n) is 8.20. The smallest absolute Gasteiger partial charge is 0.250 e. The molecule has 0 fully saturated rings. The molecule has 0 saturated heterocycles. The maximum atomic E-state index is 11.4. The first kappa shape index (κ1) is 8.99. The SMILES string of the molecule is CCC1N=C(c2occc2C)NC1=O. The quantitative estimate of drug-likeness (QED) is 0.766. The number of nitrogens with one attached hydrogen (secondary N) is 1. The molecule has 74 valence electrons. The third-order valence-corrected chi connectivity index (χ3v) is 2.29. The molecule has 1 N–H and O–H groups in total. The predicted molar refractivity (Wildman–Crippen MR) is 52.2 cm³/mol. The van der Waals surface area contributed by atoms with Gasteiger partial charge in [0.1, 0.15) is 6.04 Å². The zero-order valence-corrected chi connectivity index (χ0v) is 8.20. The molecule has 14 heavy (non-hydrogen) atoms. The van der Waals surface area contributed by atoms with Gasteiger partial charge in [0.2, 0.25) is 5.91 Å². The number of aryl methyl sites for hydroxylation is 1. The van der Waals surface area contributed by atoms with Crippen LogP contribution in [0.5, 0.6) is 0 Å². The van der Waals surface area contributed by atoms with Gasteiger partial charge in [0.25, 0.3) is 0 Å². The minimum absolute atomic E-state index is 0.0432. The van der Waals surface area contributed by atoms with Gasteiger partial charge in [-0.2, -0.15) is 0 Å². The molecule has 1 aliphatic rings. The molecule has 1 aromatic rings. The van der Waals surface area contributed by atoms with Crippen LogP contribution >= 0.6 is 0 Å². The van der Waals surface area contributed by atoms with Gasteiger partial charge in [-0.1, -0.05) is 6.92 Å². The average Bonchev–Trinajstić information content (AvgIpc) is 2.71. The second kappa shape index (κ2) is 3.29. The third-order valence-electron chi connectivity index (χ3n) is 2.29. The fourth-order valence-electron chi connectivity index (χ4n) is 1.45. The van der Waals surface area contributed by atoms with Crippen LogP contribution in [0.15, 0.2) is 21.7 Å². The molecule has 1 unspecified atom stereocenters. The highest BCUT2D eigenvalue weighted by molar-refractivity contribution is 6.12. The summed E-state index contributed by atoms with van der Waals surface area (Å²) in [6.45, 7) is 3.86. The van der Waals surface area contributed by atoms with Crippen LogP contribution in [-0.2, 0) is 4.79 Å². The Kier molecular flexibility index (Phi) is 2.11. The molecule has 2 rings (SSSR count). The van der Waals surface area contributed by atoms with Crippen LogP contribution < -0.4 is 5.32 Å². The monoisotopic (exact) mass is 192 g/mol. The largest absolute Gasteiger partial charge is 0.461 e. The van der Waals surface area contributed by atoms with Crippen molar-refractivity contribution in [1.82, 2.24) is 5.32 Å². The molecule has 0 bridgehead atoms. The van der Waals surface area contributed by atoms with E-state index in [1.807, 2.05) is 19.9 Å². The first-order chi connectivity index (χ1) is 6.72. The first-order valence-corrected chi connectivity index (χ1v) is 4.65. The van der Waals surface area contributed by atoms with Crippen molar-refractivity contribution >= 4 is 11.7 Å². The summed E-state index contributed by atoms with van der Waals surface area (Å²) in [5.41, 5.74) is 0.987. The second-order valence-corrected chi connectivity index (χ2v) is 3.32. The van der Waals surface area contributed by atoms with Crippen LogP contribution in [-0.4, -0.2) is 17.8 Å². The Morgan fingerprint density at radius 3 is 2.93 bits per heavy atom. The van der Waals surface area contributed by atoms with E-state index in [1.165, 1.54) is 0 Å². The minimum atomic E-state index is -0.255. The fourth-order valence-corrected chi connectivity index (χ4v) is 1.45. The van der Waals surface area contributed by atoms with E-state index in [2.05, 4.69) is 10.3 Å². The lowest BCUT2D eigenvalue weighted by Crippen LogP contribution is -2.28. The molecule has 0 saturated carbocycles. The topological polar surface area (TPSA) is 54.6 Å². The van der Waals surface area contributed by atoms with Gasteiger partial charge in [-0.3, -0.25) is 9.79 Å². The van der Waals surface area contributed by atoms with E-state index in [-0.39, 0.29) is 11.9 Å². The number of rotatable bonds is 2. The summed E-state index contributed by atoms with van der Waals surface area (Å²) < 4.78 is 5.24. The van der Waals surface area contributed by atoms with Crippen molar-refractivity contribution in [3.05, 3.63) is 23.7 Å². The van der Waals surface area contributed by atoms with E-state index in [1.54, 1.807) is 6.26 Å². The number of carbonyl (C=O) groups excluding carboxylic acids is 1. The molecule has 1 amide bonds. The highest BCUT2D eigenvalue weighted by atomic mass is 16.3. The van der Waals surface area contributed by atoms with Crippen LogP contribution in [0.25, 0.3) is 0 Å². The highest BCUT2D eigenvalue weighted by Gasteiger charge is 2.27. The Morgan fingerprint density at radius 1 is 1.64 bits per heavy atom. The molecule has 1 atom stereocenters. The minimum Gasteiger partial charge on any atom is -0.461 e. The van der Waals surface area contributed by atoms with Crippen molar-refractivity contribution < 1.29 is 9.21 Å². The summed E-state index contributed by atoms with van der Waals surface area (Å²) in [4.78, 5) is 15.6. The number of carbonyl (C=O) groups is 1. The van der Waals surface area contributed by atoms with E-state index in [9.17, 15) is 4.79 Å². The lowest BCUT2D eigenvalue weighted by Gasteiger charge is -1.97. The number of nitrogens with zero attached hydrogens (tertiary/aromatic N) is 1. The number of amides is 1. The predicted octanol–water partition coefficient (Wildman–Crippen LogP) is 1.24. The van der Waals surface area contributed by atoms with Crippen LogP contribution in [0.2, 0.25) is 0 Å². The van der Waals surface area contributed by atoms with Crippen molar-refractivity contribution in [2.24, 2.45) is 4.99 Å². The number of hydrogen-bond donors (Lipinski definition) is 1. The molecule has 0 aliphatic carbocycles. The summed E-state index contributed by atoms with van der Waals surface area (Å²) in [5.74, 6) is 1.18. The lowest BCUT2D eigenvalue weighted by atomic mass is 10.2. The molecule has 1 aromatic heterocycles. The van der Waals surface area contributed by atoms with Crippen LogP contribution in [0.4, 0.5) is 0 Å². The normalized spacial score (nSPS) is 20.9. The van der Waals surface area contributed by atoms with Crippen molar-refractivity contribution in [1.29, 1.82) is 0 Å². The summed E-state index contributed by atoms with van der Waals surface area (Å²) >= 11 is 0. The van der Waals surface area contributed by atoms with Crippen molar-refractivity contribution in [2.75, 3.05) is 0 Å². The number of hydrogen-bond acceptors (Lipinski definition) is 3. The molecular weight excluding hydrogens is 180 g/mol. The second-order valence-electron chi connectivity index (χ2n) is 3.32. The Hall–Kier alpha value is -1.58. The van der Waals surface area contributed by atoms with E-state index in [4.69, 9.17) is 4.42 Å². The Morgan fingerprint density at radius 2 is 2.43 bits per heavy atom. The summed E-state index contributed by atoms with van der Waals surface area (Å²) in [5, 5.41) is 2.72. The van der Waals surface area contributed by atoms with Gasteiger partial charge in [0, 0.05) is 0 Å². The molecule has 2 heterocycles. The van der Waals surface area contributed by atoms with Crippen molar-refractivity contribution in [2.45, 2.75) is 26.3 Å². The molecule has 0 spiro atoms. The first-order valence-electron chi connectivity index (χ1n) is 4.65. The Labute approximate surface area is 82.0 Å². The molecule has 4 heteroatoms. The molecule has 4 nitrogen and oxygen atoms in total. The Bertz CT molecular complexity index is 393. The van der Waals surface area contributed by atoms with Crippen LogP contribution in [0.1, 0.15) is 24.7 Å². The van der Waals surface area contributed by atoms with Gasteiger partial charge < -0.3 is 9.73 Å². The summed E-state index contributed by atoms with van der Waals surface area (Å²) in [6, 6.07) is 1.60. The van der Waals surface area contributed by atoms with Gasteiger partial charge >= 0.3 is 0 Å². The molecule has 0 aromatic carbocycles. The van der Waals surface area contributed by atoms with Crippen LogP contribution in [0, 0.1) is 6.92 Å².